The topological polar surface area (TPSA) is 58.1 Å². The molecule has 1 aromatic heterocycles. The molecule has 3 rings (SSSR count). The van der Waals surface area contributed by atoms with E-state index in [1.54, 1.807) is 12.5 Å². The molecular formula is C17H20N4O. The molecule has 1 aliphatic rings. The minimum atomic E-state index is 0.230. The van der Waals surface area contributed by atoms with Gasteiger partial charge in [-0.2, -0.15) is 0 Å². The van der Waals surface area contributed by atoms with Crippen molar-refractivity contribution < 1.29 is 4.79 Å². The number of hydrogen-bond donors (Lipinski definition) is 1. The predicted molar refractivity (Wildman–Crippen MR) is 86.7 cm³/mol. The first-order valence-corrected chi connectivity index (χ1v) is 7.64. The van der Waals surface area contributed by atoms with Gasteiger partial charge in [-0.3, -0.25) is 4.79 Å². The molecule has 2 aromatic rings. The van der Waals surface area contributed by atoms with Crippen LogP contribution in [0.4, 0.5) is 11.5 Å². The maximum atomic E-state index is 11.9. The lowest BCUT2D eigenvalue weighted by Gasteiger charge is -2.26. The van der Waals surface area contributed by atoms with E-state index in [2.05, 4.69) is 27.4 Å². The monoisotopic (exact) mass is 296 g/mol. The van der Waals surface area contributed by atoms with Crippen molar-refractivity contribution in [1.29, 1.82) is 0 Å². The van der Waals surface area contributed by atoms with Crippen LogP contribution in [0.25, 0.3) is 0 Å². The average molecular weight is 296 g/mol. The molecule has 0 unspecified atom stereocenters. The molecule has 22 heavy (non-hydrogen) atoms. The Bertz CT molecular complexity index is 654. The van der Waals surface area contributed by atoms with Crippen LogP contribution in [0.15, 0.2) is 36.8 Å². The van der Waals surface area contributed by atoms with Gasteiger partial charge in [0, 0.05) is 37.0 Å². The fourth-order valence-corrected chi connectivity index (χ4v) is 2.64. The Morgan fingerprint density at radius 1 is 1.23 bits per heavy atom. The number of aromatic nitrogens is 2. The molecule has 1 fully saturated rings. The van der Waals surface area contributed by atoms with E-state index in [1.807, 2.05) is 24.0 Å². The van der Waals surface area contributed by atoms with Gasteiger partial charge in [0.15, 0.2) is 0 Å². The van der Waals surface area contributed by atoms with Gasteiger partial charge in [-0.25, -0.2) is 9.97 Å². The van der Waals surface area contributed by atoms with Crippen LogP contribution in [0, 0.1) is 6.92 Å². The SMILES string of the molecule is Cc1cncnc1NCc1ccc(N2CCCCC2=O)cc1. The van der Waals surface area contributed by atoms with Crippen LogP contribution in [-0.4, -0.2) is 22.4 Å². The summed E-state index contributed by atoms with van der Waals surface area (Å²) < 4.78 is 0. The van der Waals surface area contributed by atoms with E-state index in [4.69, 9.17) is 0 Å². The first-order chi connectivity index (χ1) is 10.7. The number of carbonyl (C=O) groups excluding carboxylic acids is 1. The number of hydrogen-bond acceptors (Lipinski definition) is 4. The third-order valence-electron chi connectivity index (χ3n) is 3.93. The Morgan fingerprint density at radius 3 is 2.77 bits per heavy atom. The Balaban J connectivity index is 1.64. The van der Waals surface area contributed by atoms with E-state index >= 15 is 0 Å². The number of piperidine rings is 1. The lowest BCUT2D eigenvalue weighted by atomic mass is 10.1. The highest BCUT2D eigenvalue weighted by Crippen LogP contribution is 2.21. The van der Waals surface area contributed by atoms with E-state index in [9.17, 15) is 4.79 Å². The molecule has 114 valence electrons. The first kappa shape index (κ1) is 14.5. The van der Waals surface area contributed by atoms with Gasteiger partial charge in [-0.1, -0.05) is 12.1 Å². The van der Waals surface area contributed by atoms with Crippen LogP contribution >= 0.6 is 0 Å². The van der Waals surface area contributed by atoms with Crippen LogP contribution in [0.5, 0.6) is 0 Å². The highest BCUT2D eigenvalue weighted by molar-refractivity contribution is 5.93. The van der Waals surface area contributed by atoms with Gasteiger partial charge in [0.1, 0.15) is 12.1 Å². The number of rotatable bonds is 4. The van der Waals surface area contributed by atoms with Crippen molar-refractivity contribution in [2.24, 2.45) is 0 Å². The number of benzene rings is 1. The summed E-state index contributed by atoms with van der Waals surface area (Å²) in [5.41, 5.74) is 3.18. The molecule has 2 heterocycles. The molecule has 0 spiro atoms. The summed E-state index contributed by atoms with van der Waals surface area (Å²) in [5, 5.41) is 3.31. The fraction of sp³-hybridized carbons (Fsp3) is 0.353. The summed E-state index contributed by atoms with van der Waals surface area (Å²) in [6, 6.07) is 8.15. The quantitative estimate of drug-likeness (QED) is 0.942. The minimum absolute atomic E-state index is 0.230. The number of amides is 1. The van der Waals surface area contributed by atoms with Crippen LogP contribution in [0.3, 0.4) is 0 Å². The number of anilines is 2. The van der Waals surface area contributed by atoms with Gasteiger partial charge in [0.05, 0.1) is 0 Å². The van der Waals surface area contributed by atoms with E-state index in [1.165, 1.54) is 0 Å². The third kappa shape index (κ3) is 3.24. The first-order valence-electron chi connectivity index (χ1n) is 7.64. The second-order valence-electron chi connectivity index (χ2n) is 5.58. The van der Waals surface area contributed by atoms with Crippen molar-refractivity contribution in [2.45, 2.75) is 32.7 Å². The third-order valence-corrected chi connectivity index (χ3v) is 3.93. The molecule has 5 nitrogen and oxygen atoms in total. The smallest absolute Gasteiger partial charge is 0.226 e. The van der Waals surface area contributed by atoms with Crippen LogP contribution < -0.4 is 10.2 Å². The van der Waals surface area contributed by atoms with Gasteiger partial charge in [0.2, 0.25) is 5.91 Å². The highest BCUT2D eigenvalue weighted by atomic mass is 16.2. The molecule has 0 aliphatic carbocycles. The fourth-order valence-electron chi connectivity index (χ4n) is 2.64. The summed E-state index contributed by atoms with van der Waals surface area (Å²) in [6.07, 6.45) is 6.09. The van der Waals surface area contributed by atoms with Crippen LogP contribution in [-0.2, 0) is 11.3 Å². The molecule has 0 saturated carbocycles. The van der Waals surface area contributed by atoms with Crippen LogP contribution in [0.1, 0.15) is 30.4 Å². The number of aryl methyl sites for hydroxylation is 1. The second-order valence-corrected chi connectivity index (χ2v) is 5.58. The minimum Gasteiger partial charge on any atom is -0.366 e. The number of nitrogens with one attached hydrogen (secondary N) is 1. The molecule has 0 radical (unpaired) electrons. The zero-order valence-corrected chi connectivity index (χ0v) is 12.7. The van der Waals surface area contributed by atoms with Crippen molar-refractivity contribution in [3.05, 3.63) is 47.9 Å². The summed E-state index contributed by atoms with van der Waals surface area (Å²) in [6.45, 7) is 3.51. The molecule has 1 aliphatic heterocycles. The van der Waals surface area contributed by atoms with Crippen molar-refractivity contribution in [3.63, 3.8) is 0 Å². The molecule has 1 aromatic carbocycles. The van der Waals surface area contributed by atoms with Crippen molar-refractivity contribution in [2.75, 3.05) is 16.8 Å². The van der Waals surface area contributed by atoms with Crippen molar-refractivity contribution >= 4 is 17.4 Å². The Morgan fingerprint density at radius 2 is 2.05 bits per heavy atom. The maximum absolute atomic E-state index is 11.9. The lowest BCUT2D eigenvalue weighted by molar-refractivity contribution is -0.119. The molecule has 0 atom stereocenters. The van der Waals surface area contributed by atoms with E-state index < -0.39 is 0 Å². The van der Waals surface area contributed by atoms with Gasteiger partial charge >= 0.3 is 0 Å². The Hall–Kier alpha value is -2.43. The summed E-state index contributed by atoms with van der Waals surface area (Å²) in [5.74, 6) is 1.08. The largest absolute Gasteiger partial charge is 0.366 e. The standard InChI is InChI=1S/C17H20N4O/c1-13-10-18-12-20-17(13)19-11-14-5-7-15(8-6-14)21-9-3-2-4-16(21)22/h5-8,10,12H,2-4,9,11H2,1H3,(H,18,19,20). The van der Waals surface area contributed by atoms with Crippen LogP contribution in [0.2, 0.25) is 0 Å². The summed E-state index contributed by atoms with van der Waals surface area (Å²) in [4.78, 5) is 22.0. The van der Waals surface area contributed by atoms with E-state index in [0.29, 0.717) is 13.0 Å². The highest BCUT2D eigenvalue weighted by Gasteiger charge is 2.19. The number of carbonyl (C=O) groups is 1. The molecule has 5 heteroatoms. The normalized spacial score (nSPS) is 15.0. The van der Waals surface area contributed by atoms with E-state index in [0.717, 1.165) is 42.0 Å². The second kappa shape index (κ2) is 6.56. The van der Waals surface area contributed by atoms with Crippen molar-refractivity contribution in [3.8, 4) is 0 Å². The lowest BCUT2D eigenvalue weighted by Crippen LogP contribution is -2.35. The average Bonchev–Trinajstić information content (AvgIpc) is 2.55. The summed E-state index contributed by atoms with van der Waals surface area (Å²) >= 11 is 0. The zero-order valence-electron chi connectivity index (χ0n) is 12.7. The van der Waals surface area contributed by atoms with Crippen molar-refractivity contribution in [1.82, 2.24) is 9.97 Å². The molecular weight excluding hydrogens is 276 g/mol. The summed E-state index contributed by atoms with van der Waals surface area (Å²) in [7, 11) is 0. The molecule has 1 amide bonds. The van der Waals surface area contributed by atoms with Gasteiger partial charge in [-0.05, 0) is 37.5 Å². The predicted octanol–water partition coefficient (Wildman–Crippen LogP) is 2.91. The molecule has 1 N–H and O–H groups in total. The molecule has 0 bridgehead atoms. The molecule has 1 saturated heterocycles. The van der Waals surface area contributed by atoms with Gasteiger partial charge < -0.3 is 10.2 Å². The maximum Gasteiger partial charge on any atom is 0.226 e. The number of nitrogens with zero attached hydrogens (tertiary/aromatic N) is 3. The Kier molecular flexibility index (Phi) is 4.32. The Labute approximate surface area is 130 Å². The van der Waals surface area contributed by atoms with E-state index in [-0.39, 0.29) is 5.91 Å². The van der Waals surface area contributed by atoms with Gasteiger partial charge in [-0.15, -0.1) is 0 Å². The zero-order chi connectivity index (χ0) is 15.4. The van der Waals surface area contributed by atoms with Gasteiger partial charge in [0.25, 0.3) is 0 Å².